The third-order valence-electron chi connectivity index (χ3n) is 4.29. The first-order valence-electron chi connectivity index (χ1n) is 10.4. The summed E-state index contributed by atoms with van der Waals surface area (Å²) in [5, 5.41) is 16.9. The number of amides is 1. The molecular weight excluding hydrogens is 542 g/mol. The number of H-pyrrole nitrogens is 1. The third-order valence-corrected chi connectivity index (χ3v) is 4.29. The number of anilines is 1. The van der Waals surface area contributed by atoms with Crippen molar-refractivity contribution in [2.75, 3.05) is 5.32 Å². The lowest BCUT2D eigenvalue weighted by Gasteiger charge is -2.12. The molecule has 3 aromatic rings. The number of alkyl halides is 6. The zero-order valence-corrected chi connectivity index (χ0v) is 19.5. The van der Waals surface area contributed by atoms with Crippen LogP contribution in [0.5, 0.6) is 0 Å². The molecule has 2 heterocycles. The Morgan fingerprint density at radius 3 is 1.85 bits per heavy atom. The number of carbonyl (C=O) groups excluding carboxylic acids is 1. The van der Waals surface area contributed by atoms with Crippen molar-refractivity contribution in [3.8, 4) is 11.1 Å². The minimum Gasteiger partial charge on any atom is -0.475 e. The van der Waals surface area contributed by atoms with Crippen molar-refractivity contribution in [1.29, 1.82) is 0 Å². The second-order valence-electron chi connectivity index (χ2n) is 7.26. The molecule has 0 spiro atoms. The van der Waals surface area contributed by atoms with E-state index in [-0.39, 0.29) is 11.2 Å². The van der Waals surface area contributed by atoms with Crippen LogP contribution in [0.25, 0.3) is 11.1 Å². The first-order valence-corrected chi connectivity index (χ1v) is 10.4. The number of nitrogens with zero attached hydrogens (tertiary/aromatic N) is 1. The van der Waals surface area contributed by atoms with Gasteiger partial charge in [-0.3, -0.25) is 14.6 Å². The van der Waals surface area contributed by atoms with Crippen LogP contribution in [0.2, 0.25) is 0 Å². The van der Waals surface area contributed by atoms with Gasteiger partial charge in [-0.1, -0.05) is 30.3 Å². The highest BCUT2D eigenvalue weighted by atomic mass is 19.4. The smallest absolute Gasteiger partial charge is 0.475 e. The number of aliphatic carboxylic acids is 2. The number of aromatic amines is 1. The van der Waals surface area contributed by atoms with Crippen molar-refractivity contribution in [1.82, 2.24) is 9.97 Å². The fraction of sp³-hybridized carbons (Fsp3) is 0.174. The van der Waals surface area contributed by atoms with E-state index in [0.717, 1.165) is 16.7 Å². The summed E-state index contributed by atoms with van der Waals surface area (Å²) in [6, 6.07) is 14.0. The molecule has 0 radical (unpaired) electrons. The summed E-state index contributed by atoms with van der Waals surface area (Å²) < 4.78 is 63.5. The largest absolute Gasteiger partial charge is 0.490 e. The number of carbonyl (C=O) groups is 3. The fourth-order valence-electron chi connectivity index (χ4n) is 2.47. The molecule has 0 aliphatic rings. The molecule has 0 saturated carbocycles. The minimum absolute atomic E-state index is 0.169. The van der Waals surface area contributed by atoms with Gasteiger partial charge < -0.3 is 26.2 Å². The number of halogens is 6. The van der Waals surface area contributed by atoms with E-state index in [2.05, 4.69) is 15.3 Å². The molecule has 1 aromatic carbocycles. The van der Waals surface area contributed by atoms with Crippen LogP contribution in [-0.4, -0.2) is 56.4 Å². The van der Waals surface area contributed by atoms with Crippen molar-refractivity contribution in [3.63, 3.8) is 0 Å². The van der Waals surface area contributed by atoms with Crippen molar-refractivity contribution in [2.24, 2.45) is 5.73 Å². The van der Waals surface area contributed by atoms with Gasteiger partial charge in [0.2, 0.25) is 5.91 Å². The van der Waals surface area contributed by atoms with Gasteiger partial charge in [-0.25, -0.2) is 9.59 Å². The number of hydrogen-bond acceptors (Lipinski definition) is 6. The fourth-order valence-corrected chi connectivity index (χ4v) is 2.47. The quantitative estimate of drug-likeness (QED) is 0.295. The molecule has 2 aromatic heterocycles. The Kier molecular flexibility index (Phi) is 11.8. The second kappa shape index (κ2) is 14.3. The number of nitrogens with two attached hydrogens (primary N) is 1. The van der Waals surface area contributed by atoms with Gasteiger partial charge in [0.25, 0.3) is 5.56 Å². The van der Waals surface area contributed by atoms with Crippen LogP contribution in [-0.2, 0) is 20.8 Å². The third kappa shape index (κ3) is 11.9. The summed E-state index contributed by atoms with van der Waals surface area (Å²) in [6.45, 7) is 0. The SMILES string of the molecule is N[C@@H](Cc1ccccc1)C(=O)Nc1cc(-c2ccncc2)c[nH]c1=O.O=C(O)C(F)(F)F.O=C(O)C(F)(F)F. The van der Waals surface area contributed by atoms with Crippen LogP contribution in [0.1, 0.15) is 5.56 Å². The predicted molar refractivity (Wildman–Crippen MR) is 124 cm³/mol. The van der Waals surface area contributed by atoms with Crippen molar-refractivity contribution < 1.29 is 50.9 Å². The molecule has 39 heavy (non-hydrogen) atoms. The molecule has 3 rings (SSSR count). The Labute approximate surface area is 215 Å². The molecule has 0 fully saturated rings. The number of rotatable bonds is 5. The first kappa shape index (κ1) is 32.3. The average Bonchev–Trinajstić information content (AvgIpc) is 2.86. The van der Waals surface area contributed by atoms with Gasteiger partial charge in [0, 0.05) is 24.2 Å². The zero-order chi connectivity index (χ0) is 29.8. The van der Waals surface area contributed by atoms with Crippen LogP contribution >= 0.6 is 0 Å². The molecule has 0 aliphatic carbocycles. The van der Waals surface area contributed by atoms with Gasteiger partial charge in [0.15, 0.2) is 0 Å². The standard InChI is InChI=1S/C19H18N4O2.2C2HF3O2/c20-16(10-13-4-2-1-3-5-13)18(24)23-17-11-15(12-22-19(17)25)14-6-8-21-9-7-14;2*3-2(4,5)1(6)7/h1-9,11-12,16H,10,20H2,(H,22,25)(H,23,24);2*(H,6,7)/t16-;;/m0../s1. The van der Waals surface area contributed by atoms with E-state index in [1.807, 2.05) is 42.5 Å². The first-order chi connectivity index (χ1) is 18.0. The van der Waals surface area contributed by atoms with Gasteiger partial charge in [-0.05, 0) is 35.7 Å². The molecule has 1 amide bonds. The van der Waals surface area contributed by atoms with Crippen LogP contribution in [0, 0.1) is 0 Å². The Balaban J connectivity index is 0.000000449. The van der Waals surface area contributed by atoms with Gasteiger partial charge in [-0.15, -0.1) is 0 Å². The van der Waals surface area contributed by atoms with Crippen molar-refractivity contribution in [3.05, 3.63) is 83.0 Å². The van der Waals surface area contributed by atoms with E-state index in [0.29, 0.717) is 6.42 Å². The topological polar surface area (TPSA) is 175 Å². The molecule has 210 valence electrons. The lowest BCUT2D eigenvalue weighted by Crippen LogP contribution is -2.38. The molecule has 16 heteroatoms. The molecular formula is C23H20F6N4O6. The highest BCUT2D eigenvalue weighted by Gasteiger charge is 2.38. The summed E-state index contributed by atoms with van der Waals surface area (Å²) in [5.41, 5.74) is 8.38. The lowest BCUT2D eigenvalue weighted by molar-refractivity contribution is -0.193. The highest BCUT2D eigenvalue weighted by molar-refractivity contribution is 5.95. The maximum atomic E-state index is 12.3. The van der Waals surface area contributed by atoms with Crippen LogP contribution in [0.3, 0.4) is 0 Å². The molecule has 6 N–H and O–H groups in total. The second-order valence-corrected chi connectivity index (χ2v) is 7.26. The summed E-state index contributed by atoms with van der Waals surface area (Å²) in [6.07, 6.45) is -4.85. The summed E-state index contributed by atoms with van der Waals surface area (Å²) in [4.78, 5) is 48.7. The molecule has 0 unspecified atom stereocenters. The number of aromatic nitrogens is 2. The van der Waals surface area contributed by atoms with Gasteiger partial charge in [-0.2, -0.15) is 26.3 Å². The predicted octanol–water partition coefficient (Wildman–Crippen LogP) is 3.21. The number of benzene rings is 1. The normalized spacial score (nSPS) is 11.6. The average molecular weight is 562 g/mol. The monoisotopic (exact) mass is 562 g/mol. The van der Waals surface area contributed by atoms with Crippen molar-refractivity contribution >= 4 is 23.5 Å². The Morgan fingerprint density at radius 2 is 1.38 bits per heavy atom. The number of carboxylic acids is 2. The van der Waals surface area contributed by atoms with Gasteiger partial charge in [0.1, 0.15) is 5.69 Å². The zero-order valence-electron chi connectivity index (χ0n) is 19.5. The van der Waals surface area contributed by atoms with E-state index >= 15 is 0 Å². The molecule has 0 bridgehead atoms. The number of carboxylic acid groups (broad SMARTS) is 2. The molecule has 0 saturated heterocycles. The molecule has 1 atom stereocenters. The van der Waals surface area contributed by atoms with E-state index in [4.69, 9.17) is 25.5 Å². The van der Waals surface area contributed by atoms with E-state index in [9.17, 15) is 35.9 Å². The molecule has 0 aliphatic heterocycles. The Bertz CT molecular complexity index is 1270. The highest BCUT2D eigenvalue weighted by Crippen LogP contribution is 2.19. The van der Waals surface area contributed by atoms with E-state index in [1.165, 1.54) is 0 Å². The van der Waals surface area contributed by atoms with Crippen molar-refractivity contribution in [2.45, 2.75) is 24.8 Å². The summed E-state index contributed by atoms with van der Waals surface area (Å²) in [5.74, 6) is -5.92. The maximum absolute atomic E-state index is 12.3. The van der Waals surface area contributed by atoms with E-state index < -0.39 is 36.2 Å². The summed E-state index contributed by atoms with van der Waals surface area (Å²) >= 11 is 0. The van der Waals surface area contributed by atoms with Crippen LogP contribution in [0.4, 0.5) is 32.0 Å². The maximum Gasteiger partial charge on any atom is 0.490 e. The lowest BCUT2D eigenvalue weighted by atomic mass is 10.1. The number of pyridine rings is 2. The Morgan fingerprint density at radius 1 is 0.897 bits per heavy atom. The molecule has 10 nitrogen and oxygen atoms in total. The number of hydrogen-bond donors (Lipinski definition) is 5. The minimum atomic E-state index is -5.08. The van der Waals surface area contributed by atoms with Crippen LogP contribution in [0.15, 0.2) is 71.9 Å². The number of nitrogens with one attached hydrogen (secondary N) is 2. The van der Waals surface area contributed by atoms with Crippen LogP contribution < -0.4 is 16.6 Å². The summed E-state index contributed by atoms with van der Waals surface area (Å²) in [7, 11) is 0. The van der Waals surface area contributed by atoms with E-state index in [1.54, 1.807) is 24.7 Å². The van der Waals surface area contributed by atoms with Gasteiger partial charge in [0.05, 0.1) is 6.04 Å². The Hall–Kier alpha value is -4.73. The van der Waals surface area contributed by atoms with Gasteiger partial charge >= 0.3 is 24.3 Å².